The fourth-order valence-electron chi connectivity index (χ4n) is 2.10. The van der Waals surface area contributed by atoms with Crippen LogP contribution in [-0.4, -0.2) is 24.6 Å². The Hall–Kier alpha value is -2.04. The average Bonchev–Trinajstić information content (AvgIpc) is 3.22. The number of Topliss-reactive ketones (excluding diaryl/α,β-unsaturated/α-hetero) is 1. The van der Waals surface area contributed by atoms with E-state index in [-0.39, 0.29) is 11.7 Å². The molecule has 1 amide bonds. The fourth-order valence-corrected chi connectivity index (χ4v) is 2.10. The Morgan fingerprint density at radius 3 is 2.50 bits per heavy atom. The number of hydrogen-bond acceptors (Lipinski definition) is 4. The largest absolute Gasteiger partial charge is 0.497 e. The lowest BCUT2D eigenvalue weighted by atomic mass is 10.0. The SMILES string of the molecule is COc1ccc(CC(=O)C2CC2)c(NC(=O)OC(C)(C)C)c1. The molecule has 1 N–H and O–H groups in total. The number of rotatable bonds is 5. The molecule has 0 bridgehead atoms. The summed E-state index contributed by atoms with van der Waals surface area (Å²) in [6, 6.07) is 5.31. The van der Waals surface area contributed by atoms with Gasteiger partial charge in [0.1, 0.15) is 17.1 Å². The zero-order valence-electron chi connectivity index (χ0n) is 13.6. The molecule has 5 heteroatoms. The van der Waals surface area contributed by atoms with Crippen LogP contribution >= 0.6 is 0 Å². The summed E-state index contributed by atoms with van der Waals surface area (Å²) in [5.74, 6) is 1.03. The van der Waals surface area contributed by atoms with Crippen molar-refractivity contribution in [1.82, 2.24) is 0 Å². The summed E-state index contributed by atoms with van der Waals surface area (Å²) < 4.78 is 10.4. The summed E-state index contributed by atoms with van der Waals surface area (Å²) in [5.41, 5.74) is 0.763. The van der Waals surface area contributed by atoms with Gasteiger partial charge in [0.2, 0.25) is 0 Å². The second-order valence-corrected chi connectivity index (χ2v) is 6.57. The van der Waals surface area contributed by atoms with Crippen molar-refractivity contribution in [1.29, 1.82) is 0 Å². The highest BCUT2D eigenvalue weighted by Gasteiger charge is 2.29. The van der Waals surface area contributed by atoms with Gasteiger partial charge < -0.3 is 9.47 Å². The lowest BCUT2D eigenvalue weighted by molar-refractivity contribution is -0.119. The maximum atomic E-state index is 12.0. The van der Waals surface area contributed by atoms with Crippen LogP contribution < -0.4 is 10.1 Å². The Morgan fingerprint density at radius 1 is 1.27 bits per heavy atom. The number of methoxy groups -OCH3 is 1. The molecule has 1 aliphatic carbocycles. The molecule has 0 saturated heterocycles. The quantitative estimate of drug-likeness (QED) is 0.903. The Balaban J connectivity index is 2.14. The van der Waals surface area contributed by atoms with Gasteiger partial charge in [0.15, 0.2) is 0 Å². The molecular weight excluding hydrogens is 282 g/mol. The third kappa shape index (κ3) is 4.76. The van der Waals surface area contributed by atoms with E-state index in [0.29, 0.717) is 17.9 Å². The number of amides is 1. The van der Waals surface area contributed by atoms with Crippen molar-refractivity contribution in [3.63, 3.8) is 0 Å². The van der Waals surface area contributed by atoms with Gasteiger partial charge in [-0.25, -0.2) is 4.79 Å². The summed E-state index contributed by atoms with van der Waals surface area (Å²) in [4.78, 5) is 24.0. The number of ketones is 1. The predicted molar refractivity (Wildman–Crippen MR) is 84.3 cm³/mol. The predicted octanol–water partition coefficient (Wildman–Crippen LogP) is 3.56. The van der Waals surface area contributed by atoms with Gasteiger partial charge in [-0.1, -0.05) is 6.07 Å². The molecule has 0 unspecified atom stereocenters. The lowest BCUT2D eigenvalue weighted by Gasteiger charge is -2.20. The van der Waals surface area contributed by atoms with Crippen LogP contribution in [0.15, 0.2) is 18.2 Å². The molecule has 1 aromatic rings. The minimum atomic E-state index is -0.576. The van der Waals surface area contributed by atoms with E-state index in [1.165, 1.54) is 0 Å². The summed E-state index contributed by atoms with van der Waals surface area (Å²) in [7, 11) is 1.56. The van der Waals surface area contributed by atoms with Crippen molar-refractivity contribution < 1.29 is 19.1 Å². The van der Waals surface area contributed by atoms with Gasteiger partial charge in [0.25, 0.3) is 0 Å². The van der Waals surface area contributed by atoms with Gasteiger partial charge in [-0.2, -0.15) is 0 Å². The summed E-state index contributed by atoms with van der Waals surface area (Å²) in [6.45, 7) is 5.40. The number of carbonyl (C=O) groups excluding carboxylic acids is 2. The van der Waals surface area contributed by atoms with Crippen LogP contribution in [0.5, 0.6) is 5.75 Å². The highest BCUT2D eigenvalue weighted by Crippen LogP contribution is 2.32. The molecule has 0 radical (unpaired) electrons. The van der Waals surface area contributed by atoms with Gasteiger partial charge in [0, 0.05) is 18.4 Å². The zero-order valence-corrected chi connectivity index (χ0v) is 13.6. The first-order valence-corrected chi connectivity index (χ1v) is 7.48. The Bertz CT molecular complexity index is 571. The number of anilines is 1. The number of nitrogens with one attached hydrogen (secondary N) is 1. The molecule has 0 aliphatic heterocycles. The first-order valence-electron chi connectivity index (χ1n) is 7.48. The van der Waals surface area contributed by atoms with E-state index in [1.807, 2.05) is 6.07 Å². The van der Waals surface area contributed by atoms with Crippen molar-refractivity contribution in [2.75, 3.05) is 12.4 Å². The molecule has 0 spiro atoms. The summed E-state index contributed by atoms with van der Waals surface area (Å²) in [5, 5.41) is 2.71. The molecule has 0 aromatic heterocycles. The molecular formula is C17H23NO4. The molecule has 0 atom stereocenters. The second kappa shape index (κ2) is 6.38. The van der Waals surface area contributed by atoms with E-state index >= 15 is 0 Å². The minimum Gasteiger partial charge on any atom is -0.497 e. The Kier molecular flexibility index (Phi) is 4.74. The van der Waals surface area contributed by atoms with Gasteiger partial charge in [0.05, 0.1) is 12.8 Å². The highest BCUT2D eigenvalue weighted by atomic mass is 16.6. The second-order valence-electron chi connectivity index (χ2n) is 6.57. The van der Waals surface area contributed by atoms with E-state index in [2.05, 4.69) is 5.32 Å². The van der Waals surface area contributed by atoms with Crippen LogP contribution in [0.2, 0.25) is 0 Å². The Labute approximate surface area is 131 Å². The Morgan fingerprint density at radius 2 is 1.95 bits per heavy atom. The maximum absolute atomic E-state index is 12.0. The van der Waals surface area contributed by atoms with Gasteiger partial charge >= 0.3 is 6.09 Å². The summed E-state index contributed by atoms with van der Waals surface area (Å²) in [6.07, 6.45) is 1.73. The third-order valence-corrected chi connectivity index (χ3v) is 3.35. The van der Waals surface area contributed by atoms with Crippen molar-refractivity contribution in [3.8, 4) is 5.75 Å². The molecule has 1 fully saturated rings. The molecule has 1 aromatic carbocycles. The fraction of sp³-hybridized carbons (Fsp3) is 0.529. The summed E-state index contributed by atoms with van der Waals surface area (Å²) >= 11 is 0. The molecule has 120 valence electrons. The lowest BCUT2D eigenvalue weighted by Crippen LogP contribution is -2.27. The number of hydrogen-bond donors (Lipinski definition) is 1. The monoisotopic (exact) mass is 305 g/mol. The van der Waals surface area contributed by atoms with Gasteiger partial charge in [-0.3, -0.25) is 10.1 Å². The van der Waals surface area contributed by atoms with Crippen LogP contribution in [-0.2, 0) is 16.0 Å². The van der Waals surface area contributed by atoms with Crippen molar-refractivity contribution in [2.45, 2.75) is 45.6 Å². The number of benzene rings is 1. The average molecular weight is 305 g/mol. The van der Waals surface area contributed by atoms with Crippen LogP contribution in [0.3, 0.4) is 0 Å². The van der Waals surface area contributed by atoms with Crippen molar-refractivity contribution >= 4 is 17.6 Å². The smallest absolute Gasteiger partial charge is 0.412 e. The highest BCUT2D eigenvalue weighted by molar-refractivity contribution is 5.90. The van der Waals surface area contributed by atoms with Crippen molar-refractivity contribution in [2.24, 2.45) is 5.92 Å². The standard InChI is InChI=1S/C17H23NO4/c1-17(2,3)22-16(20)18-14-10-13(21-4)8-7-12(14)9-15(19)11-5-6-11/h7-8,10-11H,5-6,9H2,1-4H3,(H,18,20). The van der Waals surface area contributed by atoms with E-state index in [4.69, 9.17) is 9.47 Å². The number of carbonyl (C=O) groups is 2. The molecule has 22 heavy (non-hydrogen) atoms. The molecule has 0 heterocycles. The van der Waals surface area contributed by atoms with Crippen LogP contribution in [0.4, 0.5) is 10.5 Å². The topological polar surface area (TPSA) is 64.6 Å². The third-order valence-electron chi connectivity index (χ3n) is 3.35. The van der Waals surface area contributed by atoms with E-state index in [9.17, 15) is 9.59 Å². The van der Waals surface area contributed by atoms with Crippen LogP contribution in [0.1, 0.15) is 39.2 Å². The van der Waals surface area contributed by atoms with E-state index in [0.717, 1.165) is 18.4 Å². The van der Waals surface area contributed by atoms with Crippen LogP contribution in [0.25, 0.3) is 0 Å². The van der Waals surface area contributed by atoms with Crippen LogP contribution in [0, 0.1) is 5.92 Å². The first-order chi connectivity index (χ1) is 10.3. The van der Waals surface area contributed by atoms with Crippen molar-refractivity contribution in [3.05, 3.63) is 23.8 Å². The molecule has 5 nitrogen and oxygen atoms in total. The molecule has 2 rings (SSSR count). The van der Waals surface area contributed by atoms with E-state index in [1.54, 1.807) is 40.0 Å². The maximum Gasteiger partial charge on any atom is 0.412 e. The van der Waals surface area contributed by atoms with E-state index < -0.39 is 11.7 Å². The van der Waals surface area contributed by atoms with Gasteiger partial charge in [-0.05, 0) is 45.2 Å². The minimum absolute atomic E-state index is 0.191. The number of ether oxygens (including phenoxy) is 2. The van der Waals surface area contributed by atoms with Gasteiger partial charge in [-0.15, -0.1) is 0 Å². The molecule has 1 saturated carbocycles. The normalized spacial score (nSPS) is 14.4. The first kappa shape index (κ1) is 16.3. The molecule has 1 aliphatic rings. The zero-order chi connectivity index (χ0) is 16.3.